The lowest BCUT2D eigenvalue weighted by Gasteiger charge is -2.33. The summed E-state index contributed by atoms with van der Waals surface area (Å²) < 4.78 is 14.2. The lowest BCUT2D eigenvalue weighted by Crippen LogP contribution is -2.30. The van der Waals surface area contributed by atoms with Gasteiger partial charge in [-0.1, -0.05) is 30.4 Å². The summed E-state index contributed by atoms with van der Waals surface area (Å²) in [6.45, 7) is 1.92. The first-order chi connectivity index (χ1) is 10.1. The number of nitro groups is 1. The molecule has 1 heterocycles. The van der Waals surface area contributed by atoms with Gasteiger partial charge >= 0.3 is 0 Å². The number of para-hydroxylation sites is 1. The molecule has 0 saturated heterocycles. The van der Waals surface area contributed by atoms with Crippen molar-refractivity contribution in [2.24, 2.45) is 0 Å². The quantitative estimate of drug-likeness (QED) is 0.610. The number of non-ortho nitro benzene ring substituents is 1. The second-order valence-electron chi connectivity index (χ2n) is 4.92. The molecule has 0 spiro atoms. The number of anilines is 2. The van der Waals surface area contributed by atoms with Gasteiger partial charge < -0.3 is 4.90 Å². The Morgan fingerprint density at radius 1 is 1.19 bits per heavy atom. The summed E-state index contributed by atoms with van der Waals surface area (Å²) in [4.78, 5) is 12.2. The van der Waals surface area contributed by atoms with E-state index < -0.39 is 10.7 Å². The first-order valence-corrected chi connectivity index (χ1v) is 6.58. The second kappa shape index (κ2) is 5.01. The number of nitro benzene ring substituents is 1. The van der Waals surface area contributed by atoms with E-state index in [0.29, 0.717) is 0 Å². The van der Waals surface area contributed by atoms with Gasteiger partial charge in [0, 0.05) is 23.9 Å². The number of fused-ring (bicyclic) bond motifs is 1. The van der Waals surface area contributed by atoms with Crippen LogP contribution in [0.3, 0.4) is 0 Å². The van der Waals surface area contributed by atoms with Crippen LogP contribution in [-0.4, -0.2) is 11.0 Å². The van der Waals surface area contributed by atoms with E-state index in [0.717, 1.165) is 17.3 Å². The summed E-state index contributed by atoms with van der Waals surface area (Å²) in [5, 5.41) is 10.9. The molecule has 1 atom stereocenters. The fourth-order valence-corrected chi connectivity index (χ4v) is 2.54. The van der Waals surface area contributed by atoms with Crippen LogP contribution in [0.15, 0.2) is 48.5 Å². The molecule has 21 heavy (non-hydrogen) atoms. The predicted octanol–water partition coefficient (Wildman–Crippen LogP) is 4.29. The fourth-order valence-electron chi connectivity index (χ4n) is 2.54. The summed E-state index contributed by atoms with van der Waals surface area (Å²) in [7, 11) is 0. The summed E-state index contributed by atoms with van der Waals surface area (Å²) in [6, 6.07) is 11.1. The SMILES string of the molecule is CC1C=Cc2ccccc2N1c1cc([N+](=O)[O-])ccc1F. The van der Waals surface area contributed by atoms with Gasteiger partial charge in [-0.3, -0.25) is 10.1 Å². The van der Waals surface area contributed by atoms with E-state index in [1.54, 1.807) is 4.90 Å². The van der Waals surface area contributed by atoms with Gasteiger partial charge in [0.25, 0.3) is 5.69 Å². The van der Waals surface area contributed by atoms with E-state index in [9.17, 15) is 14.5 Å². The van der Waals surface area contributed by atoms with Crippen molar-refractivity contribution in [3.63, 3.8) is 0 Å². The van der Waals surface area contributed by atoms with E-state index in [1.807, 2.05) is 43.3 Å². The highest BCUT2D eigenvalue weighted by Crippen LogP contribution is 2.37. The molecule has 0 bridgehead atoms. The second-order valence-corrected chi connectivity index (χ2v) is 4.92. The van der Waals surface area contributed by atoms with E-state index in [-0.39, 0.29) is 17.4 Å². The van der Waals surface area contributed by atoms with Gasteiger partial charge in [0.2, 0.25) is 0 Å². The van der Waals surface area contributed by atoms with Crippen molar-refractivity contribution in [2.75, 3.05) is 4.90 Å². The van der Waals surface area contributed by atoms with Crippen molar-refractivity contribution in [1.29, 1.82) is 0 Å². The van der Waals surface area contributed by atoms with Gasteiger partial charge in [-0.15, -0.1) is 0 Å². The molecule has 0 saturated carbocycles. The van der Waals surface area contributed by atoms with E-state index >= 15 is 0 Å². The van der Waals surface area contributed by atoms with Crippen LogP contribution in [0.25, 0.3) is 6.08 Å². The van der Waals surface area contributed by atoms with Crippen LogP contribution in [0, 0.1) is 15.9 Å². The molecule has 0 aliphatic carbocycles. The number of nitrogens with zero attached hydrogens (tertiary/aromatic N) is 2. The molecule has 0 radical (unpaired) electrons. The Balaban J connectivity index is 2.17. The summed E-state index contributed by atoms with van der Waals surface area (Å²) in [5.41, 5.74) is 1.90. The Hall–Kier alpha value is -2.69. The van der Waals surface area contributed by atoms with E-state index in [2.05, 4.69) is 0 Å². The minimum atomic E-state index is -0.515. The molecule has 0 fully saturated rings. The van der Waals surface area contributed by atoms with Crippen LogP contribution < -0.4 is 4.90 Å². The van der Waals surface area contributed by atoms with Crippen LogP contribution in [0.2, 0.25) is 0 Å². The summed E-state index contributed by atoms with van der Waals surface area (Å²) in [6.07, 6.45) is 3.92. The number of hydrogen-bond donors (Lipinski definition) is 0. The summed E-state index contributed by atoms with van der Waals surface area (Å²) in [5.74, 6) is -0.474. The molecule has 2 aromatic rings. The van der Waals surface area contributed by atoms with Crippen LogP contribution >= 0.6 is 0 Å². The van der Waals surface area contributed by atoms with Crippen LogP contribution in [0.4, 0.5) is 21.5 Å². The average molecular weight is 284 g/mol. The number of rotatable bonds is 2. The third kappa shape index (κ3) is 2.27. The van der Waals surface area contributed by atoms with Gasteiger partial charge in [0.1, 0.15) is 5.82 Å². The zero-order chi connectivity index (χ0) is 15.0. The Morgan fingerprint density at radius 3 is 2.71 bits per heavy atom. The maximum atomic E-state index is 14.2. The monoisotopic (exact) mass is 284 g/mol. The standard InChI is InChI=1S/C16H13FN2O2/c1-11-6-7-12-4-2-3-5-15(12)18(11)16-10-13(19(20)21)8-9-14(16)17/h2-11H,1H3. The topological polar surface area (TPSA) is 46.4 Å². The minimum Gasteiger partial charge on any atom is -0.332 e. The maximum absolute atomic E-state index is 14.2. The molecular formula is C16H13FN2O2. The Labute approximate surface area is 121 Å². The van der Waals surface area contributed by atoms with Crippen molar-refractivity contribution in [2.45, 2.75) is 13.0 Å². The van der Waals surface area contributed by atoms with Crippen molar-refractivity contribution in [1.82, 2.24) is 0 Å². The lowest BCUT2D eigenvalue weighted by molar-refractivity contribution is -0.384. The number of halogens is 1. The van der Waals surface area contributed by atoms with E-state index in [1.165, 1.54) is 12.1 Å². The van der Waals surface area contributed by atoms with Crippen LogP contribution in [0.1, 0.15) is 12.5 Å². The van der Waals surface area contributed by atoms with Gasteiger partial charge in [-0.05, 0) is 24.6 Å². The molecule has 5 heteroatoms. The van der Waals surface area contributed by atoms with Crippen molar-refractivity contribution in [3.05, 3.63) is 70.0 Å². The van der Waals surface area contributed by atoms with E-state index in [4.69, 9.17) is 0 Å². The van der Waals surface area contributed by atoms with Gasteiger partial charge in [-0.2, -0.15) is 0 Å². The Bertz CT molecular complexity index is 743. The first-order valence-electron chi connectivity index (χ1n) is 6.58. The highest BCUT2D eigenvalue weighted by molar-refractivity contribution is 5.79. The van der Waals surface area contributed by atoms with Crippen molar-refractivity contribution < 1.29 is 9.31 Å². The molecule has 0 amide bonds. The molecular weight excluding hydrogens is 271 g/mol. The molecule has 4 nitrogen and oxygen atoms in total. The highest BCUT2D eigenvalue weighted by Gasteiger charge is 2.24. The largest absolute Gasteiger partial charge is 0.332 e. The third-order valence-electron chi connectivity index (χ3n) is 3.56. The zero-order valence-electron chi connectivity index (χ0n) is 11.4. The molecule has 1 aliphatic rings. The molecule has 2 aromatic carbocycles. The highest BCUT2D eigenvalue weighted by atomic mass is 19.1. The lowest BCUT2D eigenvalue weighted by atomic mass is 10.0. The molecule has 1 unspecified atom stereocenters. The Kier molecular flexibility index (Phi) is 3.17. The van der Waals surface area contributed by atoms with Gasteiger partial charge in [0.05, 0.1) is 10.6 Å². The molecule has 106 valence electrons. The van der Waals surface area contributed by atoms with Crippen LogP contribution in [-0.2, 0) is 0 Å². The Morgan fingerprint density at radius 2 is 1.95 bits per heavy atom. The first kappa shape index (κ1) is 13.3. The van der Waals surface area contributed by atoms with Gasteiger partial charge in [-0.25, -0.2) is 4.39 Å². The number of hydrogen-bond acceptors (Lipinski definition) is 3. The van der Waals surface area contributed by atoms with Crippen molar-refractivity contribution >= 4 is 23.1 Å². The normalized spacial score (nSPS) is 16.7. The van der Waals surface area contributed by atoms with Gasteiger partial charge in [0.15, 0.2) is 0 Å². The molecule has 3 rings (SSSR count). The maximum Gasteiger partial charge on any atom is 0.271 e. The zero-order valence-corrected chi connectivity index (χ0v) is 11.4. The summed E-state index contributed by atoms with van der Waals surface area (Å²) >= 11 is 0. The molecule has 0 aromatic heterocycles. The molecule has 1 aliphatic heterocycles. The van der Waals surface area contributed by atoms with Crippen LogP contribution in [0.5, 0.6) is 0 Å². The smallest absolute Gasteiger partial charge is 0.271 e. The third-order valence-corrected chi connectivity index (χ3v) is 3.56. The average Bonchev–Trinajstić information content (AvgIpc) is 2.48. The number of benzene rings is 2. The van der Waals surface area contributed by atoms with Crippen molar-refractivity contribution in [3.8, 4) is 0 Å². The minimum absolute atomic E-state index is 0.0867. The molecule has 0 N–H and O–H groups in total. The predicted molar refractivity (Wildman–Crippen MR) is 80.1 cm³/mol. The fraction of sp³-hybridized carbons (Fsp3) is 0.125.